The fourth-order valence-corrected chi connectivity index (χ4v) is 1.59. The summed E-state index contributed by atoms with van der Waals surface area (Å²) in [6.07, 6.45) is -2.80. The van der Waals surface area contributed by atoms with Crippen molar-refractivity contribution >= 4 is 5.97 Å². The third-order valence-electron chi connectivity index (χ3n) is 2.56. The minimum Gasteiger partial charge on any atom is -0.466 e. The van der Waals surface area contributed by atoms with Gasteiger partial charge in [0.1, 0.15) is 5.69 Å². The standard InChI is InChI=1S/C12H16F2N2O2/c1-3-18-11(17)5-9-7(2)8(6-15)4-10(16-9)12(13)14/h4,12H,3,5-6,15H2,1-2H3. The van der Waals surface area contributed by atoms with Crippen molar-refractivity contribution in [3.8, 4) is 0 Å². The van der Waals surface area contributed by atoms with Crippen LogP contribution >= 0.6 is 0 Å². The Balaban J connectivity index is 3.08. The van der Waals surface area contributed by atoms with Gasteiger partial charge in [0.05, 0.1) is 18.7 Å². The molecule has 0 saturated carbocycles. The highest BCUT2D eigenvalue weighted by molar-refractivity contribution is 5.72. The number of rotatable bonds is 5. The number of aromatic nitrogens is 1. The van der Waals surface area contributed by atoms with Crippen molar-refractivity contribution in [2.75, 3.05) is 6.61 Å². The zero-order valence-corrected chi connectivity index (χ0v) is 10.4. The molecule has 0 aromatic carbocycles. The van der Waals surface area contributed by atoms with Gasteiger partial charge in [-0.15, -0.1) is 0 Å². The van der Waals surface area contributed by atoms with Gasteiger partial charge < -0.3 is 10.5 Å². The van der Waals surface area contributed by atoms with E-state index in [0.29, 0.717) is 16.8 Å². The molecule has 4 nitrogen and oxygen atoms in total. The number of hydrogen-bond acceptors (Lipinski definition) is 4. The van der Waals surface area contributed by atoms with Crippen LogP contribution in [0.2, 0.25) is 0 Å². The molecule has 0 saturated heterocycles. The first-order valence-electron chi connectivity index (χ1n) is 5.62. The maximum Gasteiger partial charge on any atom is 0.311 e. The fourth-order valence-electron chi connectivity index (χ4n) is 1.59. The van der Waals surface area contributed by atoms with Crippen molar-refractivity contribution in [1.82, 2.24) is 4.98 Å². The zero-order chi connectivity index (χ0) is 13.7. The number of pyridine rings is 1. The van der Waals surface area contributed by atoms with Crippen molar-refractivity contribution in [3.63, 3.8) is 0 Å². The molecule has 0 unspecified atom stereocenters. The van der Waals surface area contributed by atoms with Crippen LogP contribution in [0.15, 0.2) is 6.07 Å². The van der Waals surface area contributed by atoms with Gasteiger partial charge >= 0.3 is 5.97 Å². The van der Waals surface area contributed by atoms with Gasteiger partial charge in [-0.2, -0.15) is 0 Å². The Kier molecular flexibility index (Phi) is 5.15. The molecule has 0 aliphatic carbocycles. The van der Waals surface area contributed by atoms with E-state index in [2.05, 4.69) is 4.98 Å². The molecule has 0 amide bonds. The summed E-state index contributed by atoms with van der Waals surface area (Å²) in [6.45, 7) is 3.76. The van der Waals surface area contributed by atoms with E-state index in [1.165, 1.54) is 6.07 Å². The number of ether oxygens (including phenoxy) is 1. The second kappa shape index (κ2) is 6.39. The molecule has 1 rings (SSSR count). The molecule has 0 radical (unpaired) electrons. The number of carbonyl (C=O) groups excluding carboxylic acids is 1. The van der Waals surface area contributed by atoms with E-state index >= 15 is 0 Å². The number of nitrogens with zero attached hydrogens (tertiary/aromatic N) is 1. The van der Waals surface area contributed by atoms with Crippen LogP contribution in [0, 0.1) is 6.92 Å². The van der Waals surface area contributed by atoms with Gasteiger partial charge in [0.2, 0.25) is 0 Å². The molecule has 2 N–H and O–H groups in total. The Hall–Kier alpha value is -1.56. The molecule has 0 aliphatic rings. The quantitative estimate of drug-likeness (QED) is 0.819. The predicted molar refractivity (Wildman–Crippen MR) is 62.2 cm³/mol. The van der Waals surface area contributed by atoms with E-state index in [0.717, 1.165) is 0 Å². The van der Waals surface area contributed by atoms with E-state index in [4.69, 9.17) is 10.5 Å². The smallest absolute Gasteiger partial charge is 0.311 e. The summed E-state index contributed by atoms with van der Waals surface area (Å²) in [6, 6.07) is 1.27. The van der Waals surface area contributed by atoms with Crippen molar-refractivity contribution in [2.24, 2.45) is 5.73 Å². The van der Waals surface area contributed by atoms with E-state index in [9.17, 15) is 13.6 Å². The summed E-state index contributed by atoms with van der Waals surface area (Å²) < 4.78 is 30.1. The van der Waals surface area contributed by atoms with E-state index in [-0.39, 0.29) is 25.3 Å². The number of halogens is 2. The molecule has 1 aromatic heterocycles. The molecule has 1 aromatic rings. The van der Waals surface area contributed by atoms with Crippen LogP contribution < -0.4 is 5.73 Å². The lowest BCUT2D eigenvalue weighted by molar-refractivity contribution is -0.142. The first-order chi connectivity index (χ1) is 8.49. The average Bonchev–Trinajstić information content (AvgIpc) is 2.31. The molecule has 6 heteroatoms. The fraction of sp³-hybridized carbons (Fsp3) is 0.500. The Labute approximate surface area is 104 Å². The Morgan fingerprint density at radius 1 is 1.56 bits per heavy atom. The summed E-state index contributed by atoms with van der Waals surface area (Å²) >= 11 is 0. The second-order valence-electron chi connectivity index (χ2n) is 3.76. The summed E-state index contributed by atoms with van der Waals surface area (Å²) in [5.41, 5.74) is 6.66. The van der Waals surface area contributed by atoms with Crippen molar-refractivity contribution in [2.45, 2.75) is 33.2 Å². The normalized spacial score (nSPS) is 10.8. The van der Waals surface area contributed by atoms with Crippen molar-refractivity contribution in [1.29, 1.82) is 0 Å². The lowest BCUT2D eigenvalue weighted by Gasteiger charge is -2.11. The first-order valence-corrected chi connectivity index (χ1v) is 5.62. The highest BCUT2D eigenvalue weighted by atomic mass is 19.3. The van der Waals surface area contributed by atoms with Gasteiger partial charge in [0.15, 0.2) is 0 Å². The molecule has 0 fully saturated rings. The number of alkyl halides is 2. The van der Waals surface area contributed by atoms with Crippen molar-refractivity contribution in [3.05, 3.63) is 28.6 Å². The number of esters is 1. The largest absolute Gasteiger partial charge is 0.466 e. The van der Waals surface area contributed by atoms with Crippen LogP contribution in [-0.4, -0.2) is 17.6 Å². The molecule has 100 valence electrons. The monoisotopic (exact) mass is 258 g/mol. The van der Waals surface area contributed by atoms with Crippen LogP contribution in [0.3, 0.4) is 0 Å². The Morgan fingerprint density at radius 2 is 2.22 bits per heavy atom. The van der Waals surface area contributed by atoms with Gasteiger partial charge in [-0.05, 0) is 31.0 Å². The molecule has 0 bridgehead atoms. The SMILES string of the molecule is CCOC(=O)Cc1nc(C(F)F)cc(CN)c1C. The number of carbonyl (C=O) groups is 1. The maximum atomic E-state index is 12.7. The van der Waals surface area contributed by atoms with Crippen molar-refractivity contribution < 1.29 is 18.3 Å². The third kappa shape index (κ3) is 3.46. The summed E-state index contributed by atoms with van der Waals surface area (Å²) in [5.74, 6) is -0.484. The Morgan fingerprint density at radius 3 is 2.72 bits per heavy atom. The molecule has 0 atom stereocenters. The van der Waals surface area contributed by atoms with E-state index in [1.54, 1.807) is 13.8 Å². The molecule has 0 spiro atoms. The maximum absolute atomic E-state index is 12.7. The average molecular weight is 258 g/mol. The van der Waals surface area contributed by atoms with Gasteiger partial charge in [-0.3, -0.25) is 9.78 Å². The summed E-state index contributed by atoms with van der Waals surface area (Å²) in [7, 11) is 0. The van der Waals surface area contributed by atoms with Crippen LogP contribution in [0.5, 0.6) is 0 Å². The molecule has 0 aliphatic heterocycles. The van der Waals surface area contributed by atoms with Gasteiger partial charge in [0, 0.05) is 6.54 Å². The topological polar surface area (TPSA) is 65.2 Å². The summed E-state index contributed by atoms with van der Waals surface area (Å²) in [5, 5.41) is 0. The minimum absolute atomic E-state index is 0.118. The predicted octanol–water partition coefficient (Wildman–Crippen LogP) is 1.89. The van der Waals surface area contributed by atoms with Crippen LogP contribution in [0.25, 0.3) is 0 Å². The molecule has 1 heterocycles. The first kappa shape index (κ1) is 14.5. The molecule has 18 heavy (non-hydrogen) atoms. The van der Waals surface area contributed by atoms with Gasteiger partial charge in [0.25, 0.3) is 6.43 Å². The molecular formula is C12H16F2N2O2. The lowest BCUT2D eigenvalue weighted by atomic mass is 10.0. The van der Waals surface area contributed by atoms with E-state index in [1.807, 2.05) is 0 Å². The zero-order valence-electron chi connectivity index (χ0n) is 10.4. The minimum atomic E-state index is -2.68. The third-order valence-corrected chi connectivity index (χ3v) is 2.56. The van der Waals surface area contributed by atoms with Crippen LogP contribution in [0.1, 0.15) is 35.9 Å². The van der Waals surface area contributed by atoms with Gasteiger partial charge in [-0.1, -0.05) is 0 Å². The Bertz CT molecular complexity index is 436. The van der Waals surface area contributed by atoms with E-state index < -0.39 is 12.4 Å². The summed E-state index contributed by atoms with van der Waals surface area (Å²) in [4.78, 5) is 15.2. The van der Waals surface area contributed by atoms with Crippen LogP contribution in [0.4, 0.5) is 8.78 Å². The number of nitrogens with two attached hydrogens (primary N) is 1. The van der Waals surface area contributed by atoms with Crippen LogP contribution in [-0.2, 0) is 22.5 Å². The molecular weight excluding hydrogens is 242 g/mol. The van der Waals surface area contributed by atoms with Gasteiger partial charge in [-0.25, -0.2) is 8.78 Å². The number of hydrogen-bond donors (Lipinski definition) is 1. The lowest BCUT2D eigenvalue weighted by Crippen LogP contribution is -2.13. The highest BCUT2D eigenvalue weighted by Crippen LogP contribution is 2.22. The second-order valence-corrected chi connectivity index (χ2v) is 3.76. The highest BCUT2D eigenvalue weighted by Gasteiger charge is 2.17.